The van der Waals surface area contributed by atoms with Crippen LogP contribution >= 0.6 is 11.6 Å². The van der Waals surface area contributed by atoms with Crippen LogP contribution in [0.15, 0.2) is 47.0 Å². The third kappa shape index (κ3) is 2.80. The van der Waals surface area contributed by atoms with Gasteiger partial charge in [0.05, 0.1) is 10.7 Å². The first-order valence-corrected chi connectivity index (χ1v) is 7.40. The van der Waals surface area contributed by atoms with E-state index in [0.717, 1.165) is 29.0 Å². The highest BCUT2D eigenvalue weighted by molar-refractivity contribution is 6.31. The Labute approximate surface area is 128 Å². The molecule has 0 bridgehead atoms. The molecule has 0 saturated carbocycles. The summed E-state index contributed by atoms with van der Waals surface area (Å²) in [6, 6.07) is 11.8. The summed E-state index contributed by atoms with van der Waals surface area (Å²) in [7, 11) is 0. The van der Waals surface area contributed by atoms with Gasteiger partial charge < -0.3 is 9.73 Å². The van der Waals surface area contributed by atoms with Crippen LogP contribution in [0, 0.1) is 6.92 Å². The van der Waals surface area contributed by atoms with Crippen molar-refractivity contribution in [3.8, 4) is 0 Å². The lowest BCUT2D eigenvalue weighted by Gasteiger charge is -2.15. The van der Waals surface area contributed by atoms with E-state index in [0.29, 0.717) is 5.02 Å². The van der Waals surface area contributed by atoms with Gasteiger partial charge in [-0.3, -0.25) is 4.98 Å². The summed E-state index contributed by atoms with van der Waals surface area (Å²) in [5.74, 6) is 0.832. The molecule has 0 fully saturated rings. The standard InChI is InChI=1S/C17H17ClN2O/c1-3-19-17(16-13(18)5-4-8-20-16)15-10-12-9-11(2)6-7-14(12)21-15/h4-10,17,19H,3H2,1-2H3. The van der Waals surface area contributed by atoms with Gasteiger partial charge in [0, 0.05) is 11.6 Å². The molecule has 108 valence electrons. The number of hydrogen-bond acceptors (Lipinski definition) is 3. The molecule has 1 aromatic carbocycles. The zero-order valence-electron chi connectivity index (χ0n) is 12.1. The van der Waals surface area contributed by atoms with Crippen molar-refractivity contribution in [2.75, 3.05) is 6.54 Å². The monoisotopic (exact) mass is 300 g/mol. The highest BCUT2D eigenvalue weighted by Crippen LogP contribution is 2.30. The minimum Gasteiger partial charge on any atom is -0.459 e. The molecule has 1 atom stereocenters. The first-order chi connectivity index (χ1) is 10.2. The van der Waals surface area contributed by atoms with Crippen LogP contribution in [0.25, 0.3) is 11.0 Å². The van der Waals surface area contributed by atoms with Gasteiger partial charge in [-0.25, -0.2) is 0 Å². The lowest BCUT2D eigenvalue weighted by atomic mass is 10.1. The van der Waals surface area contributed by atoms with Gasteiger partial charge in [-0.05, 0) is 43.8 Å². The molecule has 0 aliphatic heterocycles. The van der Waals surface area contributed by atoms with E-state index in [2.05, 4.69) is 36.3 Å². The van der Waals surface area contributed by atoms with E-state index in [4.69, 9.17) is 16.0 Å². The zero-order chi connectivity index (χ0) is 14.8. The Balaban J connectivity index is 2.09. The zero-order valence-corrected chi connectivity index (χ0v) is 12.8. The molecular formula is C17H17ClN2O. The van der Waals surface area contributed by atoms with Crippen LogP contribution in [-0.4, -0.2) is 11.5 Å². The van der Waals surface area contributed by atoms with Gasteiger partial charge in [0.1, 0.15) is 17.4 Å². The number of halogens is 1. The molecule has 4 heteroatoms. The second-order valence-electron chi connectivity index (χ2n) is 5.05. The average Bonchev–Trinajstić information content (AvgIpc) is 2.88. The first kappa shape index (κ1) is 14.1. The predicted molar refractivity (Wildman–Crippen MR) is 85.7 cm³/mol. The lowest BCUT2D eigenvalue weighted by molar-refractivity contribution is 0.471. The molecule has 0 aliphatic carbocycles. The summed E-state index contributed by atoms with van der Waals surface area (Å²) in [5, 5.41) is 5.13. The fraction of sp³-hybridized carbons (Fsp3) is 0.235. The Morgan fingerprint density at radius 3 is 2.90 bits per heavy atom. The fourth-order valence-electron chi connectivity index (χ4n) is 2.47. The fourth-order valence-corrected chi connectivity index (χ4v) is 2.70. The van der Waals surface area contributed by atoms with Gasteiger partial charge in [-0.2, -0.15) is 0 Å². The molecular weight excluding hydrogens is 284 g/mol. The van der Waals surface area contributed by atoms with E-state index in [1.54, 1.807) is 6.20 Å². The molecule has 3 nitrogen and oxygen atoms in total. The first-order valence-electron chi connectivity index (χ1n) is 7.03. The van der Waals surface area contributed by atoms with Gasteiger partial charge in [-0.15, -0.1) is 0 Å². The largest absolute Gasteiger partial charge is 0.459 e. The third-order valence-electron chi connectivity index (χ3n) is 3.44. The Hall–Kier alpha value is -1.84. The molecule has 0 spiro atoms. The van der Waals surface area contributed by atoms with E-state index in [1.807, 2.05) is 24.3 Å². The van der Waals surface area contributed by atoms with Gasteiger partial charge in [0.2, 0.25) is 0 Å². The lowest BCUT2D eigenvalue weighted by Crippen LogP contribution is -2.22. The van der Waals surface area contributed by atoms with Crippen molar-refractivity contribution in [1.82, 2.24) is 10.3 Å². The molecule has 3 aromatic rings. The summed E-state index contributed by atoms with van der Waals surface area (Å²) >= 11 is 6.28. The number of hydrogen-bond donors (Lipinski definition) is 1. The van der Waals surface area contributed by atoms with Crippen LogP contribution in [0.4, 0.5) is 0 Å². The van der Waals surface area contributed by atoms with Crippen molar-refractivity contribution >= 4 is 22.6 Å². The number of rotatable bonds is 4. The summed E-state index contributed by atoms with van der Waals surface area (Å²) in [4.78, 5) is 4.41. The maximum absolute atomic E-state index is 6.28. The maximum atomic E-state index is 6.28. The van der Waals surface area contributed by atoms with Crippen molar-refractivity contribution < 1.29 is 4.42 Å². The number of nitrogens with zero attached hydrogens (tertiary/aromatic N) is 1. The number of aromatic nitrogens is 1. The molecule has 0 radical (unpaired) electrons. The average molecular weight is 301 g/mol. The Morgan fingerprint density at radius 2 is 2.14 bits per heavy atom. The smallest absolute Gasteiger partial charge is 0.134 e. The Bertz CT molecular complexity index is 766. The second-order valence-corrected chi connectivity index (χ2v) is 5.46. The highest BCUT2D eigenvalue weighted by Gasteiger charge is 2.21. The molecule has 1 unspecified atom stereocenters. The van der Waals surface area contributed by atoms with E-state index in [1.165, 1.54) is 5.56 Å². The van der Waals surface area contributed by atoms with Crippen LogP contribution in [0.2, 0.25) is 5.02 Å². The van der Waals surface area contributed by atoms with Crippen molar-refractivity contribution in [3.05, 3.63) is 64.6 Å². The Kier molecular flexibility index (Phi) is 3.95. The van der Waals surface area contributed by atoms with Crippen LogP contribution in [0.3, 0.4) is 0 Å². The number of furan rings is 1. The molecule has 0 saturated heterocycles. The minimum absolute atomic E-state index is 0.142. The quantitative estimate of drug-likeness (QED) is 0.771. The maximum Gasteiger partial charge on any atom is 0.134 e. The van der Waals surface area contributed by atoms with E-state index < -0.39 is 0 Å². The van der Waals surface area contributed by atoms with Gasteiger partial charge in [-0.1, -0.05) is 30.2 Å². The van der Waals surface area contributed by atoms with E-state index >= 15 is 0 Å². The van der Waals surface area contributed by atoms with Crippen LogP contribution in [0.1, 0.15) is 30.0 Å². The summed E-state index contributed by atoms with van der Waals surface area (Å²) < 4.78 is 5.99. The van der Waals surface area contributed by atoms with Crippen LogP contribution in [-0.2, 0) is 0 Å². The van der Waals surface area contributed by atoms with Gasteiger partial charge >= 0.3 is 0 Å². The highest BCUT2D eigenvalue weighted by atomic mass is 35.5. The summed E-state index contributed by atoms with van der Waals surface area (Å²) in [5.41, 5.74) is 2.88. The van der Waals surface area contributed by atoms with E-state index in [9.17, 15) is 0 Å². The Morgan fingerprint density at radius 1 is 1.29 bits per heavy atom. The van der Waals surface area contributed by atoms with Crippen molar-refractivity contribution in [2.45, 2.75) is 19.9 Å². The van der Waals surface area contributed by atoms with Crippen LogP contribution in [0.5, 0.6) is 0 Å². The number of fused-ring (bicyclic) bond motifs is 1. The van der Waals surface area contributed by atoms with Gasteiger partial charge in [0.25, 0.3) is 0 Å². The molecule has 1 N–H and O–H groups in total. The molecule has 0 amide bonds. The van der Waals surface area contributed by atoms with E-state index in [-0.39, 0.29) is 6.04 Å². The van der Waals surface area contributed by atoms with Crippen LogP contribution < -0.4 is 5.32 Å². The molecule has 2 aromatic heterocycles. The second kappa shape index (κ2) is 5.88. The number of benzene rings is 1. The number of pyridine rings is 1. The van der Waals surface area contributed by atoms with Gasteiger partial charge in [0.15, 0.2) is 0 Å². The van der Waals surface area contributed by atoms with Crippen molar-refractivity contribution in [1.29, 1.82) is 0 Å². The normalized spacial score (nSPS) is 12.7. The number of nitrogens with one attached hydrogen (secondary N) is 1. The third-order valence-corrected chi connectivity index (χ3v) is 3.76. The SMILES string of the molecule is CCNC(c1cc2cc(C)ccc2o1)c1ncccc1Cl. The van der Waals surface area contributed by atoms with Crippen molar-refractivity contribution in [2.24, 2.45) is 0 Å². The number of aryl methyl sites for hydroxylation is 1. The molecule has 3 rings (SSSR count). The molecule has 21 heavy (non-hydrogen) atoms. The summed E-state index contributed by atoms with van der Waals surface area (Å²) in [6.07, 6.45) is 1.75. The minimum atomic E-state index is -0.142. The predicted octanol–water partition coefficient (Wildman–Crippen LogP) is 4.49. The molecule has 2 heterocycles. The topological polar surface area (TPSA) is 38.1 Å². The van der Waals surface area contributed by atoms with Crippen molar-refractivity contribution in [3.63, 3.8) is 0 Å². The molecule has 0 aliphatic rings. The summed E-state index contributed by atoms with van der Waals surface area (Å²) in [6.45, 7) is 4.92.